The number of anilines is 1. The van der Waals surface area contributed by atoms with Gasteiger partial charge in [0, 0.05) is 11.7 Å². The van der Waals surface area contributed by atoms with Crippen LogP contribution in [0.15, 0.2) is 48.5 Å². The van der Waals surface area contributed by atoms with E-state index in [1.54, 1.807) is 39.0 Å². The quantitative estimate of drug-likeness (QED) is 0.425. The molecule has 0 saturated heterocycles. The van der Waals surface area contributed by atoms with Crippen LogP contribution >= 0.6 is 0 Å². The maximum absolute atomic E-state index is 14.1. The Bertz CT molecular complexity index is 1160. The summed E-state index contributed by atoms with van der Waals surface area (Å²) in [4.78, 5) is 54.0. The summed E-state index contributed by atoms with van der Waals surface area (Å²) in [7, 11) is 0. The molecule has 0 aromatic heterocycles. The number of primary amides is 1. The Hall–Kier alpha value is -3.88. The third-order valence-electron chi connectivity index (χ3n) is 6.13. The molecule has 2 rings (SSSR count). The molecule has 4 amide bonds. The highest BCUT2D eigenvalue weighted by molar-refractivity contribution is 6.00. The standard InChI is InChI=1S/C29H40N4O5/c1-8-20(4)33(27(36)23(17-24(30)34)32-28(37)38-29(5,6)7)25(21-15-11-9-13-18(21)2)26(35)31-22-16-12-10-14-19(22)3/h9-16,20,23,25H,8,17H2,1-7H3,(H2,30,34)(H,31,35)(H,32,37). The monoisotopic (exact) mass is 524 g/mol. The van der Waals surface area contributed by atoms with Crippen molar-refractivity contribution in [3.63, 3.8) is 0 Å². The van der Waals surface area contributed by atoms with Crippen LogP contribution in [0.2, 0.25) is 0 Å². The molecule has 0 aliphatic heterocycles. The number of ether oxygens (including phenoxy) is 1. The molecule has 9 nitrogen and oxygen atoms in total. The minimum absolute atomic E-state index is 0.419. The van der Waals surface area contributed by atoms with Gasteiger partial charge in [0.2, 0.25) is 11.8 Å². The molecular weight excluding hydrogens is 484 g/mol. The molecule has 0 saturated carbocycles. The average molecular weight is 525 g/mol. The number of benzene rings is 2. The van der Waals surface area contributed by atoms with Crippen LogP contribution in [-0.4, -0.2) is 46.4 Å². The molecule has 0 spiro atoms. The summed E-state index contributed by atoms with van der Waals surface area (Å²) in [6.07, 6.45) is -0.801. The van der Waals surface area contributed by atoms with Crippen molar-refractivity contribution in [1.29, 1.82) is 0 Å². The van der Waals surface area contributed by atoms with Crippen molar-refractivity contribution >= 4 is 29.5 Å². The largest absolute Gasteiger partial charge is 0.444 e. The van der Waals surface area contributed by atoms with E-state index >= 15 is 0 Å². The van der Waals surface area contributed by atoms with Gasteiger partial charge in [0.25, 0.3) is 5.91 Å². The fourth-order valence-corrected chi connectivity index (χ4v) is 4.05. The smallest absolute Gasteiger partial charge is 0.408 e. The molecule has 206 valence electrons. The molecule has 38 heavy (non-hydrogen) atoms. The lowest BCUT2D eigenvalue weighted by Crippen LogP contribution is -2.55. The SMILES string of the molecule is CCC(C)N(C(=O)C(CC(N)=O)NC(=O)OC(C)(C)C)C(C(=O)Nc1ccccc1C)c1ccccc1C. The number of para-hydroxylation sites is 1. The lowest BCUT2D eigenvalue weighted by atomic mass is 9.95. The number of alkyl carbamates (subject to hydrolysis) is 1. The summed E-state index contributed by atoms with van der Waals surface area (Å²) < 4.78 is 5.32. The molecule has 0 heterocycles. The highest BCUT2D eigenvalue weighted by Gasteiger charge is 2.39. The Morgan fingerprint density at radius 3 is 2.08 bits per heavy atom. The van der Waals surface area contributed by atoms with Gasteiger partial charge in [0.05, 0.1) is 6.42 Å². The fourth-order valence-electron chi connectivity index (χ4n) is 4.05. The zero-order valence-corrected chi connectivity index (χ0v) is 23.3. The lowest BCUT2D eigenvalue weighted by molar-refractivity contribution is -0.144. The van der Waals surface area contributed by atoms with Gasteiger partial charge in [-0.3, -0.25) is 14.4 Å². The van der Waals surface area contributed by atoms with Crippen LogP contribution in [0.1, 0.15) is 70.2 Å². The molecule has 0 aliphatic carbocycles. The van der Waals surface area contributed by atoms with E-state index in [1.165, 1.54) is 4.90 Å². The van der Waals surface area contributed by atoms with Gasteiger partial charge in [-0.25, -0.2) is 4.79 Å². The van der Waals surface area contributed by atoms with Crippen LogP contribution in [0.5, 0.6) is 0 Å². The number of nitrogens with two attached hydrogens (primary N) is 1. The molecular formula is C29H40N4O5. The summed E-state index contributed by atoms with van der Waals surface area (Å²) in [5.41, 5.74) is 7.55. The molecule has 9 heteroatoms. The van der Waals surface area contributed by atoms with Gasteiger partial charge in [-0.1, -0.05) is 49.4 Å². The van der Waals surface area contributed by atoms with Crippen molar-refractivity contribution in [2.24, 2.45) is 5.73 Å². The number of hydrogen-bond acceptors (Lipinski definition) is 5. The van der Waals surface area contributed by atoms with Crippen molar-refractivity contribution in [3.8, 4) is 0 Å². The number of nitrogens with one attached hydrogen (secondary N) is 2. The first kappa shape index (κ1) is 30.3. The maximum atomic E-state index is 14.1. The van der Waals surface area contributed by atoms with E-state index in [2.05, 4.69) is 10.6 Å². The molecule has 4 N–H and O–H groups in total. The van der Waals surface area contributed by atoms with Crippen LogP contribution in [0.3, 0.4) is 0 Å². The zero-order chi connectivity index (χ0) is 28.6. The Balaban J connectivity index is 2.60. The summed E-state index contributed by atoms with van der Waals surface area (Å²) in [6.45, 7) is 12.5. The number of rotatable bonds is 10. The van der Waals surface area contributed by atoms with Crippen molar-refractivity contribution in [3.05, 3.63) is 65.2 Å². The average Bonchev–Trinajstić information content (AvgIpc) is 2.81. The topological polar surface area (TPSA) is 131 Å². The molecule has 2 aromatic carbocycles. The minimum atomic E-state index is -1.32. The van der Waals surface area contributed by atoms with E-state index in [9.17, 15) is 19.2 Å². The van der Waals surface area contributed by atoms with Crippen LogP contribution in [-0.2, 0) is 19.1 Å². The van der Waals surface area contributed by atoms with Crippen LogP contribution in [0.4, 0.5) is 10.5 Å². The summed E-state index contributed by atoms with van der Waals surface area (Å²) in [5, 5.41) is 5.46. The van der Waals surface area contributed by atoms with Gasteiger partial charge in [-0.05, 0) is 70.7 Å². The number of amides is 4. The molecule has 0 aliphatic rings. The van der Waals surface area contributed by atoms with Crippen molar-refractivity contribution in [2.45, 2.75) is 85.0 Å². The number of carbonyl (C=O) groups excluding carboxylic acids is 4. The molecule has 0 bridgehead atoms. The van der Waals surface area contributed by atoms with Crippen LogP contribution in [0.25, 0.3) is 0 Å². The predicted molar refractivity (Wildman–Crippen MR) is 147 cm³/mol. The van der Waals surface area contributed by atoms with E-state index in [1.807, 2.05) is 58.0 Å². The summed E-state index contributed by atoms with van der Waals surface area (Å²) in [6, 6.07) is 11.9. The van der Waals surface area contributed by atoms with Gasteiger partial charge in [0.1, 0.15) is 17.7 Å². The number of nitrogens with zero attached hydrogens (tertiary/aromatic N) is 1. The third kappa shape index (κ3) is 8.33. The molecule has 3 unspecified atom stereocenters. The normalized spacial score (nSPS) is 13.6. The first-order chi connectivity index (χ1) is 17.7. The Kier molecular flexibility index (Phi) is 10.4. The van der Waals surface area contributed by atoms with E-state index in [-0.39, 0.29) is 0 Å². The van der Waals surface area contributed by atoms with Gasteiger partial charge < -0.3 is 26.0 Å². The van der Waals surface area contributed by atoms with Gasteiger partial charge in [-0.2, -0.15) is 0 Å². The van der Waals surface area contributed by atoms with Gasteiger partial charge in [0.15, 0.2) is 0 Å². The molecule has 0 radical (unpaired) electrons. The maximum Gasteiger partial charge on any atom is 0.408 e. The van der Waals surface area contributed by atoms with E-state index < -0.39 is 54.0 Å². The molecule has 0 fully saturated rings. The van der Waals surface area contributed by atoms with Crippen molar-refractivity contribution < 1.29 is 23.9 Å². The second-order valence-corrected chi connectivity index (χ2v) is 10.4. The number of carbonyl (C=O) groups is 4. The molecule has 3 atom stereocenters. The second-order valence-electron chi connectivity index (χ2n) is 10.4. The lowest BCUT2D eigenvalue weighted by Gasteiger charge is -2.38. The third-order valence-corrected chi connectivity index (χ3v) is 6.13. The Morgan fingerprint density at radius 2 is 1.55 bits per heavy atom. The Morgan fingerprint density at radius 1 is 0.974 bits per heavy atom. The number of aryl methyl sites for hydroxylation is 2. The van der Waals surface area contributed by atoms with Gasteiger partial charge >= 0.3 is 6.09 Å². The van der Waals surface area contributed by atoms with E-state index in [0.29, 0.717) is 17.7 Å². The first-order valence-electron chi connectivity index (χ1n) is 12.8. The fraction of sp³-hybridized carbons (Fsp3) is 0.448. The second kappa shape index (κ2) is 13.1. The van der Waals surface area contributed by atoms with Crippen LogP contribution < -0.4 is 16.4 Å². The van der Waals surface area contributed by atoms with E-state index in [4.69, 9.17) is 10.5 Å². The van der Waals surface area contributed by atoms with Crippen molar-refractivity contribution in [1.82, 2.24) is 10.2 Å². The predicted octanol–water partition coefficient (Wildman–Crippen LogP) is 4.38. The van der Waals surface area contributed by atoms with Crippen molar-refractivity contribution in [2.75, 3.05) is 5.32 Å². The Labute approximate surface area is 225 Å². The van der Waals surface area contributed by atoms with Crippen LogP contribution in [0, 0.1) is 13.8 Å². The minimum Gasteiger partial charge on any atom is -0.444 e. The number of hydrogen-bond donors (Lipinski definition) is 3. The summed E-state index contributed by atoms with van der Waals surface area (Å²) >= 11 is 0. The van der Waals surface area contributed by atoms with E-state index in [0.717, 1.165) is 11.1 Å². The zero-order valence-electron chi connectivity index (χ0n) is 23.3. The highest BCUT2D eigenvalue weighted by Crippen LogP contribution is 2.30. The highest BCUT2D eigenvalue weighted by atomic mass is 16.6. The first-order valence-corrected chi connectivity index (χ1v) is 12.8. The van der Waals surface area contributed by atoms with Gasteiger partial charge in [-0.15, -0.1) is 0 Å². The molecule has 2 aromatic rings. The summed E-state index contributed by atoms with van der Waals surface area (Å²) in [5.74, 6) is -1.81.